The van der Waals surface area contributed by atoms with Crippen LogP contribution in [0.25, 0.3) is 0 Å². The Hall–Kier alpha value is -1.39. The van der Waals surface area contributed by atoms with Crippen LogP contribution in [0.2, 0.25) is 0 Å². The second-order valence-corrected chi connectivity index (χ2v) is 4.91. The number of hydrogen-bond acceptors (Lipinski definition) is 3. The molecule has 2 N–H and O–H groups in total. The standard InChI is InChI=1S/C14H21NO3/c1-11(2)8-15(10-14(17)18)9-13(16)12-6-4-3-5-7-12/h3-7,11,13,16H,8-10H2,1-2H3,(H,17,18). The summed E-state index contributed by atoms with van der Waals surface area (Å²) >= 11 is 0. The summed E-state index contributed by atoms with van der Waals surface area (Å²) in [6, 6.07) is 9.31. The van der Waals surface area contributed by atoms with E-state index in [0.717, 1.165) is 5.56 Å². The molecule has 1 atom stereocenters. The number of carbonyl (C=O) groups is 1. The molecule has 0 heterocycles. The topological polar surface area (TPSA) is 60.8 Å². The molecule has 4 nitrogen and oxygen atoms in total. The molecule has 100 valence electrons. The Morgan fingerprint density at radius 1 is 1.22 bits per heavy atom. The first-order valence-corrected chi connectivity index (χ1v) is 6.16. The zero-order valence-corrected chi connectivity index (χ0v) is 10.9. The van der Waals surface area contributed by atoms with Crippen LogP contribution in [0.1, 0.15) is 25.5 Å². The van der Waals surface area contributed by atoms with Crippen molar-refractivity contribution in [2.45, 2.75) is 20.0 Å². The molecule has 1 rings (SSSR count). The van der Waals surface area contributed by atoms with E-state index in [4.69, 9.17) is 5.11 Å². The molecule has 0 aliphatic rings. The zero-order valence-electron chi connectivity index (χ0n) is 10.9. The highest BCUT2D eigenvalue weighted by atomic mass is 16.4. The van der Waals surface area contributed by atoms with Crippen LogP contribution in [0.5, 0.6) is 0 Å². The molecule has 1 unspecified atom stereocenters. The second-order valence-electron chi connectivity index (χ2n) is 4.91. The lowest BCUT2D eigenvalue weighted by molar-refractivity contribution is -0.138. The van der Waals surface area contributed by atoms with Crippen LogP contribution in [0.4, 0.5) is 0 Å². The molecular weight excluding hydrogens is 230 g/mol. The largest absolute Gasteiger partial charge is 0.480 e. The van der Waals surface area contributed by atoms with Crippen molar-refractivity contribution in [3.05, 3.63) is 35.9 Å². The third-order valence-electron chi connectivity index (χ3n) is 2.60. The van der Waals surface area contributed by atoms with Gasteiger partial charge in [0.25, 0.3) is 0 Å². The van der Waals surface area contributed by atoms with Crippen molar-refractivity contribution in [3.63, 3.8) is 0 Å². The van der Waals surface area contributed by atoms with Crippen molar-refractivity contribution in [1.29, 1.82) is 0 Å². The van der Waals surface area contributed by atoms with Crippen molar-refractivity contribution >= 4 is 5.97 Å². The molecule has 0 amide bonds. The van der Waals surface area contributed by atoms with E-state index in [2.05, 4.69) is 0 Å². The number of aliphatic hydroxyl groups excluding tert-OH is 1. The van der Waals surface area contributed by atoms with Gasteiger partial charge in [0.1, 0.15) is 0 Å². The van der Waals surface area contributed by atoms with E-state index in [1.807, 2.05) is 44.2 Å². The van der Waals surface area contributed by atoms with Gasteiger partial charge in [-0.15, -0.1) is 0 Å². The van der Waals surface area contributed by atoms with Crippen molar-refractivity contribution in [1.82, 2.24) is 4.90 Å². The number of nitrogens with zero attached hydrogens (tertiary/aromatic N) is 1. The van der Waals surface area contributed by atoms with Crippen LogP contribution in [-0.2, 0) is 4.79 Å². The van der Waals surface area contributed by atoms with E-state index in [1.54, 1.807) is 4.90 Å². The van der Waals surface area contributed by atoms with Crippen molar-refractivity contribution in [2.75, 3.05) is 19.6 Å². The minimum atomic E-state index is -0.865. The van der Waals surface area contributed by atoms with Crippen molar-refractivity contribution < 1.29 is 15.0 Å². The summed E-state index contributed by atoms with van der Waals surface area (Å²) in [6.45, 7) is 5.03. The normalized spacial score (nSPS) is 12.9. The number of rotatable bonds is 7. The Kier molecular flexibility index (Phi) is 5.82. The fourth-order valence-electron chi connectivity index (χ4n) is 1.94. The number of carboxylic acids is 1. The van der Waals surface area contributed by atoms with Gasteiger partial charge in [-0.05, 0) is 11.5 Å². The van der Waals surface area contributed by atoms with Gasteiger partial charge >= 0.3 is 5.97 Å². The minimum Gasteiger partial charge on any atom is -0.480 e. The maximum absolute atomic E-state index is 10.8. The monoisotopic (exact) mass is 251 g/mol. The van der Waals surface area contributed by atoms with E-state index >= 15 is 0 Å². The first-order chi connectivity index (χ1) is 8.49. The van der Waals surface area contributed by atoms with E-state index < -0.39 is 12.1 Å². The van der Waals surface area contributed by atoms with Gasteiger partial charge < -0.3 is 10.2 Å². The average Bonchev–Trinajstić information content (AvgIpc) is 2.28. The summed E-state index contributed by atoms with van der Waals surface area (Å²) in [5.74, 6) is -0.497. The molecule has 1 aromatic carbocycles. The molecule has 0 bridgehead atoms. The van der Waals surface area contributed by atoms with Crippen LogP contribution in [-0.4, -0.2) is 40.7 Å². The number of aliphatic carboxylic acids is 1. The molecule has 0 spiro atoms. The summed E-state index contributed by atoms with van der Waals surface area (Å²) in [5, 5.41) is 18.9. The average molecular weight is 251 g/mol. The molecule has 18 heavy (non-hydrogen) atoms. The van der Waals surface area contributed by atoms with Crippen molar-refractivity contribution in [3.8, 4) is 0 Å². The van der Waals surface area contributed by atoms with Crippen molar-refractivity contribution in [2.24, 2.45) is 5.92 Å². The third-order valence-corrected chi connectivity index (χ3v) is 2.60. The highest BCUT2D eigenvalue weighted by Gasteiger charge is 2.16. The molecule has 0 saturated heterocycles. The third kappa shape index (κ3) is 5.29. The molecule has 0 aromatic heterocycles. The summed E-state index contributed by atoms with van der Waals surface area (Å²) in [4.78, 5) is 12.6. The van der Waals surface area contributed by atoms with Gasteiger partial charge in [0, 0.05) is 13.1 Å². The molecular formula is C14H21NO3. The first-order valence-electron chi connectivity index (χ1n) is 6.16. The lowest BCUT2D eigenvalue weighted by Gasteiger charge is -2.25. The lowest BCUT2D eigenvalue weighted by Crippen LogP contribution is -2.36. The van der Waals surface area contributed by atoms with Gasteiger partial charge in [0.15, 0.2) is 0 Å². The Morgan fingerprint density at radius 3 is 2.33 bits per heavy atom. The van der Waals surface area contributed by atoms with Crippen LogP contribution in [0, 0.1) is 5.92 Å². The Balaban J connectivity index is 2.62. The van der Waals surface area contributed by atoms with E-state index in [1.165, 1.54) is 0 Å². The van der Waals surface area contributed by atoms with Gasteiger partial charge in [-0.3, -0.25) is 9.69 Å². The second kappa shape index (κ2) is 7.13. The molecule has 0 aliphatic carbocycles. The molecule has 0 aliphatic heterocycles. The van der Waals surface area contributed by atoms with Crippen LogP contribution in [0.15, 0.2) is 30.3 Å². The quantitative estimate of drug-likeness (QED) is 0.775. The highest BCUT2D eigenvalue weighted by Crippen LogP contribution is 2.14. The molecule has 0 saturated carbocycles. The van der Waals surface area contributed by atoms with E-state index in [9.17, 15) is 9.90 Å². The zero-order chi connectivity index (χ0) is 13.5. The fourth-order valence-corrected chi connectivity index (χ4v) is 1.94. The molecule has 0 radical (unpaired) electrons. The van der Waals surface area contributed by atoms with Gasteiger partial charge in [-0.2, -0.15) is 0 Å². The summed E-state index contributed by atoms with van der Waals surface area (Å²) in [6.07, 6.45) is -0.649. The molecule has 0 fully saturated rings. The maximum atomic E-state index is 10.8. The van der Waals surface area contributed by atoms with Gasteiger partial charge in [-0.1, -0.05) is 44.2 Å². The number of benzene rings is 1. The van der Waals surface area contributed by atoms with Crippen LogP contribution >= 0.6 is 0 Å². The minimum absolute atomic E-state index is 0.0396. The van der Waals surface area contributed by atoms with Crippen LogP contribution in [0.3, 0.4) is 0 Å². The predicted molar refractivity (Wildman–Crippen MR) is 70.3 cm³/mol. The van der Waals surface area contributed by atoms with Gasteiger partial charge in [-0.25, -0.2) is 0 Å². The lowest BCUT2D eigenvalue weighted by atomic mass is 10.1. The number of aliphatic hydroxyl groups is 1. The SMILES string of the molecule is CC(C)CN(CC(=O)O)CC(O)c1ccccc1. The Bertz CT molecular complexity index is 365. The van der Waals surface area contributed by atoms with E-state index in [-0.39, 0.29) is 6.54 Å². The predicted octanol–water partition coefficient (Wildman–Crippen LogP) is 1.76. The number of carboxylic acid groups (broad SMARTS) is 1. The summed E-state index contributed by atoms with van der Waals surface area (Å²) in [7, 11) is 0. The summed E-state index contributed by atoms with van der Waals surface area (Å²) < 4.78 is 0. The smallest absolute Gasteiger partial charge is 0.317 e. The van der Waals surface area contributed by atoms with Gasteiger partial charge in [0.2, 0.25) is 0 Å². The highest BCUT2D eigenvalue weighted by molar-refractivity contribution is 5.69. The molecule has 4 heteroatoms. The van der Waals surface area contributed by atoms with E-state index in [0.29, 0.717) is 19.0 Å². The Labute approximate surface area is 108 Å². The Morgan fingerprint density at radius 2 is 1.83 bits per heavy atom. The first kappa shape index (κ1) is 14.7. The fraction of sp³-hybridized carbons (Fsp3) is 0.500. The maximum Gasteiger partial charge on any atom is 0.317 e. The number of hydrogen-bond donors (Lipinski definition) is 2. The van der Waals surface area contributed by atoms with Gasteiger partial charge in [0.05, 0.1) is 12.6 Å². The van der Waals surface area contributed by atoms with Crippen LogP contribution < -0.4 is 0 Å². The molecule has 1 aromatic rings. The summed E-state index contributed by atoms with van der Waals surface area (Å²) in [5.41, 5.74) is 0.816.